The van der Waals surface area contributed by atoms with Crippen LogP contribution in [0.15, 0.2) is 36.4 Å². The highest BCUT2D eigenvalue weighted by molar-refractivity contribution is 5.89. The van der Waals surface area contributed by atoms with E-state index < -0.39 is 23.7 Å². The summed E-state index contributed by atoms with van der Waals surface area (Å²) in [5.41, 5.74) is -0.724. The molecule has 3 nitrogen and oxygen atoms in total. The molecule has 0 radical (unpaired) electrons. The molecule has 0 aliphatic carbocycles. The fourth-order valence-corrected chi connectivity index (χ4v) is 1.69. The van der Waals surface area contributed by atoms with Crippen molar-refractivity contribution in [2.45, 2.75) is 6.18 Å². The molecule has 110 valence electrons. The first-order valence-corrected chi connectivity index (χ1v) is 5.75. The number of halogens is 4. The third kappa shape index (κ3) is 3.18. The molecule has 1 heterocycles. The Labute approximate surface area is 117 Å². The van der Waals surface area contributed by atoms with E-state index in [0.29, 0.717) is 5.56 Å². The number of rotatable bonds is 2. The standard InChI is InChI=1S/C14H9F4NO2/c1-21-13(20)10-6-7-11(19-12(10)15)8-2-4-9(5-3-8)14(16,17)18/h2-7H,1H3. The van der Waals surface area contributed by atoms with E-state index in [0.717, 1.165) is 19.2 Å². The zero-order valence-corrected chi connectivity index (χ0v) is 10.7. The molecule has 7 heteroatoms. The van der Waals surface area contributed by atoms with Gasteiger partial charge in [0.1, 0.15) is 5.56 Å². The Hall–Kier alpha value is -2.44. The van der Waals surface area contributed by atoms with E-state index in [2.05, 4.69) is 9.72 Å². The van der Waals surface area contributed by atoms with Crippen molar-refractivity contribution in [3.63, 3.8) is 0 Å². The lowest BCUT2D eigenvalue weighted by molar-refractivity contribution is -0.137. The van der Waals surface area contributed by atoms with E-state index in [1.807, 2.05) is 0 Å². The second-order valence-electron chi connectivity index (χ2n) is 4.10. The highest BCUT2D eigenvalue weighted by Gasteiger charge is 2.30. The van der Waals surface area contributed by atoms with Crippen molar-refractivity contribution in [2.75, 3.05) is 7.11 Å². The van der Waals surface area contributed by atoms with E-state index in [9.17, 15) is 22.4 Å². The summed E-state index contributed by atoms with van der Waals surface area (Å²) in [6.45, 7) is 0. The molecule has 1 aromatic heterocycles. The van der Waals surface area contributed by atoms with Gasteiger partial charge in [-0.25, -0.2) is 9.78 Å². The second kappa shape index (κ2) is 5.51. The molecule has 0 saturated heterocycles. The maximum absolute atomic E-state index is 13.6. The summed E-state index contributed by atoms with van der Waals surface area (Å²) in [4.78, 5) is 14.8. The van der Waals surface area contributed by atoms with Crippen molar-refractivity contribution in [1.29, 1.82) is 0 Å². The lowest BCUT2D eigenvalue weighted by Gasteiger charge is -2.08. The van der Waals surface area contributed by atoms with Gasteiger partial charge in [-0.3, -0.25) is 0 Å². The number of ether oxygens (including phenoxy) is 1. The summed E-state index contributed by atoms with van der Waals surface area (Å²) >= 11 is 0. The van der Waals surface area contributed by atoms with Crippen LogP contribution in [0, 0.1) is 5.95 Å². The first kappa shape index (κ1) is 15.0. The van der Waals surface area contributed by atoms with Crippen LogP contribution in [-0.4, -0.2) is 18.1 Å². The topological polar surface area (TPSA) is 39.2 Å². The highest BCUT2D eigenvalue weighted by atomic mass is 19.4. The lowest BCUT2D eigenvalue weighted by Crippen LogP contribution is -2.06. The van der Waals surface area contributed by atoms with Gasteiger partial charge < -0.3 is 4.74 Å². The number of aromatic nitrogens is 1. The van der Waals surface area contributed by atoms with Gasteiger partial charge in [-0.05, 0) is 24.3 Å². The van der Waals surface area contributed by atoms with Crippen LogP contribution in [0.3, 0.4) is 0 Å². The van der Waals surface area contributed by atoms with Crippen molar-refractivity contribution in [2.24, 2.45) is 0 Å². The molecule has 2 rings (SSSR count). The van der Waals surface area contributed by atoms with Crippen LogP contribution in [-0.2, 0) is 10.9 Å². The van der Waals surface area contributed by atoms with Gasteiger partial charge in [-0.15, -0.1) is 0 Å². The predicted octanol–water partition coefficient (Wildman–Crippen LogP) is 3.69. The number of nitrogens with zero attached hydrogens (tertiary/aromatic N) is 1. The Bertz CT molecular complexity index is 666. The van der Waals surface area contributed by atoms with Crippen LogP contribution in [0.4, 0.5) is 17.6 Å². The maximum atomic E-state index is 13.6. The number of pyridine rings is 1. The fourth-order valence-electron chi connectivity index (χ4n) is 1.69. The molecule has 0 fully saturated rings. The molecule has 0 saturated carbocycles. The number of benzene rings is 1. The summed E-state index contributed by atoms with van der Waals surface area (Å²) in [5, 5.41) is 0. The SMILES string of the molecule is COC(=O)c1ccc(-c2ccc(C(F)(F)F)cc2)nc1F. The average molecular weight is 299 g/mol. The number of methoxy groups -OCH3 is 1. The zero-order chi connectivity index (χ0) is 15.6. The molecule has 0 amide bonds. The Morgan fingerprint density at radius 2 is 1.71 bits per heavy atom. The van der Waals surface area contributed by atoms with Crippen LogP contribution in [0.1, 0.15) is 15.9 Å². The van der Waals surface area contributed by atoms with Crippen molar-refractivity contribution in [3.05, 3.63) is 53.5 Å². The minimum atomic E-state index is -4.44. The van der Waals surface area contributed by atoms with E-state index >= 15 is 0 Å². The number of hydrogen-bond acceptors (Lipinski definition) is 3. The molecule has 0 spiro atoms. The molecule has 0 aliphatic rings. The van der Waals surface area contributed by atoms with E-state index in [1.165, 1.54) is 24.3 Å². The van der Waals surface area contributed by atoms with Crippen molar-refractivity contribution in [3.8, 4) is 11.3 Å². The van der Waals surface area contributed by atoms with Gasteiger partial charge >= 0.3 is 12.1 Å². The van der Waals surface area contributed by atoms with Crippen LogP contribution >= 0.6 is 0 Å². The molecule has 0 bridgehead atoms. The number of hydrogen-bond donors (Lipinski definition) is 0. The largest absolute Gasteiger partial charge is 0.465 e. The molecule has 0 N–H and O–H groups in total. The quantitative estimate of drug-likeness (QED) is 0.482. The zero-order valence-electron chi connectivity index (χ0n) is 10.7. The third-order valence-electron chi connectivity index (χ3n) is 2.76. The lowest BCUT2D eigenvalue weighted by atomic mass is 10.1. The van der Waals surface area contributed by atoms with Gasteiger partial charge in [-0.1, -0.05) is 12.1 Å². The number of esters is 1. The fraction of sp³-hybridized carbons (Fsp3) is 0.143. The van der Waals surface area contributed by atoms with Crippen molar-refractivity contribution in [1.82, 2.24) is 4.98 Å². The van der Waals surface area contributed by atoms with Crippen LogP contribution < -0.4 is 0 Å². The molecule has 21 heavy (non-hydrogen) atoms. The Balaban J connectivity index is 2.35. The average Bonchev–Trinajstić information content (AvgIpc) is 2.45. The minimum Gasteiger partial charge on any atom is -0.465 e. The molecular weight excluding hydrogens is 290 g/mol. The molecule has 1 aromatic carbocycles. The van der Waals surface area contributed by atoms with Crippen molar-refractivity contribution >= 4 is 5.97 Å². The molecule has 0 unspecified atom stereocenters. The minimum absolute atomic E-state index is 0.119. The summed E-state index contributed by atoms with van der Waals surface area (Å²) < 4.78 is 55.3. The van der Waals surface area contributed by atoms with Crippen LogP contribution in [0.5, 0.6) is 0 Å². The highest BCUT2D eigenvalue weighted by Crippen LogP contribution is 2.30. The normalized spacial score (nSPS) is 11.3. The van der Waals surface area contributed by atoms with Gasteiger partial charge in [0.2, 0.25) is 5.95 Å². The van der Waals surface area contributed by atoms with E-state index in [-0.39, 0.29) is 11.3 Å². The maximum Gasteiger partial charge on any atom is 0.416 e. The summed E-state index contributed by atoms with van der Waals surface area (Å²) in [6, 6.07) is 6.62. The third-order valence-corrected chi connectivity index (χ3v) is 2.76. The molecule has 0 atom stereocenters. The van der Waals surface area contributed by atoms with E-state index in [1.54, 1.807) is 0 Å². The molecule has 2 aromatic rings. The van der Waals surface area contributed by atoms with Gasteiger partial charge in [0.05, 0.1) is 18.4 Å². The predicted molar refractivity (Wildman–Crippen MR) is 66.0 cm³/mol. The molecule has 0 aliphatic heterocycles. The van der Waals surface area contributed by atoms with Gasteiger partial charge in [-0.2, -0.15) is 17.6 Å². The Morgan fingerprint density at radius 1 is 1.10 bits per heavy atom. The summed E-state index contributed by atoms with van der Waals surface area (Å²) in [7, 11) is 1.10. The van der Waals surface area contributed by atoms with Gasteiger partial charge in [0.25, 0.3) is 0 Å². The summed E-state index contributed by atoms with van der Waals surface area (Å²) in [6.07, 6.45) is -4.44. The van der Waals surface area contributed by atoms with Crippen LogP contribution in [0.2, 0.25) is 0 Å². The Kier molecular flexibility index (Phi) is 3.93. The Morgan fingerprint density at radius 3 is 2.19 bits per heavy atom. The van der Waals surface area contributed by atoms with Crippen LogP contribution in [0.25, 0.3) is 11.3 Å². The monoisotopic (exact) mass is 299 g/mol. The molecular formula is C14H9F4NO2. The smallest absolute Gasteiger partial charge is 0.416 e. The van der Waals surface area contributed by atoms with E-state index in [4.69, 9.17) is 0 Å². The number of alkyl halides is 3. The first-order valence-electron chi connectivity index (χ1n) is 5.75. The first-order chi connectivity index (χ1) is 9.82. The number of carbonyl (C=O) groups excluding carboxylic acids is 1. The van der Waals surface area contributed by atoms with Crippen molar-refractivity contribution < 1.29 is 27.1 Å². The van der Waals surface area contributed by atoms with Gasteiger partial charge in [0.15, 0.2) is 0 Å². The second-order valence-corrected chi connectivity index (χ2v) is 4.10. The summed E-state index contributed by atoms with van der Waals surface area (Å²) in [5.74, 6) is -1.92. The van der Waals surface area contributed by atoms with Gasteiger partial charge in [0, 0.05) is 5.56 Å². The number of carbonyl (C=O) groups is 1.